The summed E-state index contributed by atoms with van der Waals surface area (Å²) in [5.74, 6) is -7.22. The number of rotatable bonds is 7. The van der Waals surface area contributed by atoms with Crippen LogP contribution < -0.4 is 11.4 Å². The molecule has 0 aliphatic carbocycles. The first kappa shape index (κ1) is 19.7. The minimum atomic E-state index is -3.94. The van der Waals surface area contributed by atoms with Gasteiger partial charge in [-0.2, -0.15) is 13.8 Å². The molecular formula is C14H15F2N3O6S. The van der Waals surface area contributed by atoms with Gasteiger partial charge in [0, 0.05) is 6.20 Å². The van der Waals surface area contributed by atoms with Crippen molar-refractivity contribution in [3.05, 3.63) is 34.3 Å². The van der Waals surface area contributed by atoms with Gasteiger partial charge in [-0.15, -0.1) is 11.8 Å². The summed E-state index contributed by atoms with van der Waals surface area (Å²) < 4.78 is 38.5. The van der Waals surface area contributed by atoms with Crippen molar-refractivity contribution in [3.8, 4) is 0 Å². The summed E-state index contributed by atoms with van der Waals surface area (Å²) in [6, 6.07) is 1.11. The number of hydrogen-bond donors (Lipinski definition) is 2. The van der Waals surface area contributed by atoms with Gasteiger partial charge in [0.25, 0.3) is 6.23 Å². The standard InChI is InChI=1S/C14H15F2N3O6S/c1-7(20)5-26-6-10(21)24-4-8-11(22)14(15,16)12(25-8)19-3-2-9(17)18-13(19)23/h2-3,12,22H,4-6H2,1H3,(H2,17,18,23)/t12-/m1/s1. The Kier molecular flexibility index (Phi) is 5.85. The number of nitrogens with zero attached hydrogens (tertiary/aromatic N) is 2. The van der Waals surface area contributed by atoms with Crippen LogP contribution >= 0.6 is 11.8 Å². The maximum atomic E-state index is 14.2. The van der Waals surface area contributed by atoms with Crippen LogP contribution in [-0.2, 0) is 19.1 Å². The summed E-state index contributed by atoms with van der Waals surface area (Å²) in [5.41, 5.74) is 4.20. The number of thioether (sulfide) groups is 1. The van der Waals surface area contributed by atoms with Crippen molar-refractivity contribution < 1.29 is 33.0 Å². The van der Waals surface area contributed by atoms with Gasteiger partial charge in [0.15, 0.2) is 12.4 Å². The molecule has 3 N–H and O–H groups in total. The van der Waals surface area contributed by atoms with Gasteiger partial charge in [-0.3, -0.25) is 14.2 Å². The number of carbonyl (C=O) groups excluding carboxylic acids is 2. The van der Waals surface area contributed by atoms with Crippen LogP contribution in [0.25, 0.3) is 0 Å². The third-order valence-corrected chi connectivity index (χ3v) is 4.19. The van der Waals surface area contributed by atoms with Crippen LogP contribution in [0.15, 0.2) is 28.6 Å². The van der Waals surface area contributed by atoms with E-state index in [0.717, 1.165) is 24.0 Å². The van der Waals surface area contributed by atoms with Crippen molar-refractivity contribution in [1.82, 2.24) is 9.55 Å². The summed E-state index contributed by atoms with van der Waals surface area (Å²) >= 11 is 0.996. The highest BCUT2D eigenvalue weighted by atomic mass is 32.2. The van der Waals surface area contributed by atoms with E-state index in [1.807, 2.05) is 0 Å². The van der Waals surface area contributed by atoms with E-state index in [4.69, 9.17) is 15.2 Å². The Morgan fingerprint density at radius 1 is 1.50 bits per heavy atom. The van der Waals surface area contributed by atoms with Gasteiger partial charge < -0.3 is 20.3 Å². The van der Waals surface area contributed by atoms with Gasteiger partial charge in [-0.25, -0.2) is 4.79 Å². The second-order valence-electron chi connectivity index (χ2n) is 5.26. The van der Waals surface area contributed by atoms with Crippen LogP contribution in [0.4, 0.5) is 14.6 Å². The molecule has 142 valence electrons. The molecule has 0 spiro atoms. The highest BCUT2D eigenvalue weighted by Gasteiger charge is 2.55. The Bertz CT molecular complexity index is 810. The van der Waals surface area contributed by atoms with Crippen LogP contribution in [0.5, 0.6) is 0 Å². The molecule has 0 amide bonds. The zero-order chi connectivity index (χ0) is 19.5. The lowest BCUT2D eigenvalue weighted by atomic mass is 10.2. The highest BCUT2D eigenvalue weighted by Crippen LogP contribution is 2.43. The zero-order valence-electron chi connectivity index (χ0n) is 13.5. The number of aromatic nitrogens is 2. The first-order valence-corrected chi connectivity index (χ1v) is 8.33. The monoisotopic (exact) mass is 391 g/mol. The number of aliphatic hydroxyl groups is 1. The first-order valence-electron chi connectivity index (χ1n) is 7.17. The molecule has 1 aliphatic rings. The molecule has 0 radical (unpaired) electrons. The van der Waals surface area contributed by atoms with E-state index < -0.39 is 41.9 Å². The average molecular weight is 391 g/mol. The predicted molar refractivity (Wildman–Crippen MR) is 86.6 cm³/mol. The summed E-state index contributed by atoms with van der Waals surface area (Å²) in [5, 5.41) is 9.66. The summed E-state index contributed by atoms with van der Waals surface area (Å²) in [7, 11) is 0. The largest absolute Gasteiger partial charge is 0.504 e. The number of alkyl halides is 2. The molecular weight excluding hydrogens is 376 g/mol. The van der Waals surface area contributed by atoms with E-state index in [0.29, 0.717) is 4.57 Å². The van der Waals surface area contributed by atoms with E-state index in [-0.39, 0.29) is 23.1 Å². The van der Waals surface area contributed by atoms with E-state index in [1.54, 1.807) is 0 Å². The molecule has 1 aromatic heterocycles. The Morgan fingerprint density at radius 2 is 2.19 bits per heavy atom. The number of carbonyl (C=O) groups is 2. The van der Waals surface area contributed by atoms with Crippen LogP contribution in [0.3, 0.4) is 0 Å². The molecule has 0 unspecified atom stereocenters. The van der Waals surface area contributed by atoms with Crippen LogP contribution in [0, 0.1) is 0 Å². The topological polar surface area (TPSA) is 134 Å². The molecule has 12 heteroatoms. The first-order chi connectivity index (χ1) is 12.1. The number of aliphatic hydroxyl groups excluding tert-OH is 1. The van der Waals surface area contributed by atoms with E-state index >= 15 is 0 Å². The maximum absolute atomic E-state index is 14.2. The normalized spacial score (nSPS) is 18.5. The molecule has 26 heavy (non-hydrogen) atoms. The molecule has 1 aliphatic heterocycles. The minimum Gasteiger partial charge on any atom is -0.504 e. The fourth-order valence-corrected chi connectivity index (χ4v) is 2.61. The van der Waals surface area contributed by atoms with Crippen molar-refractivity contribution in [2.24, 2.45) is 0 Å². The smallest absolute Gasteiger partial charge is 0.362 e. The van der Waals surface area contributed by atoms with Crippen LogP contribution in [-0.4, -0.2) is 50.4 Å². The van der Waals surface area contributed by atoms with Gasteiger partial charge >= 0.3 is 17.6 Å². The number of nitrogen functional groups attached to an aromatic ring is 1. The van der Waals surface area contributed by atoms with Crippen molar-refractivity contribution >= 4 is 29.3 Å². The van der Waals surface area contributed by atoms with Crippen molar-refractivity contribution in [2.45, 2.75) is 19.1 Å². The maximum Gasteiger partial charge on any atom is 0.362 e. The van der Waals surface area contributed by atoms with Gasteiger partial charge in [-0.05, 0) is 13.0 Å². The molecule has 9 nitrogen and oxygen atoms in total. The quantitative estimate of drug-likeness (QED) is 0.642. The number of hydrogen-bond acceptors (Lipinski definition) is 9. The molecule has 0 saturated carbocycles. The van der Waals surface area contributed by atoms with E-state index in [9.17, 15) is 28.3 Å². The fourth-order valence-electron chi connectivity index (χ4n) is 1.97. The van der Waals surface area contributed by atoms with Gasteiger partial charge in [0.1, 0.15) is 11.6 Å². The second kappa shape index (κ2) is 7.72. The third-order valence-electron chi connectivity index (χ3n) is 3.14. The number of nitrogens with two attached hydrogens (primary N) is 1. The summed E-state index contributed by atoms with van der Waals surface area (Å²) in [4.78, 5) is 37.3. The number of ketones is 1. The molecule has 1 atom stereocenters. The van der Waals surface area contributed by atoms with Crippen molar-refractivity contribution in [2.75, 3.05) is 23.8 Å². The average Bonchev–Trinajstić information content (AvgIpc) is 2.76. The van der Waals surface area contributed by atoms with Crippen molar-refractivity contribution in [1.29, 1.82) is 0 Å². The number of esters is 1. The van der Waals surface area contributed by atoms with Gasteiger partial charge in [-0.1, -0.05) is 0 Å². The lowest BCUT2D eigenvalue weighted by Gasteiger charge is -2.20. The van der Waals surface area contributed by atoms with E-state index in [1.165, 1.54) is 6.92 Å². The number of anilines is 1. The third kappa shape index (κ3) is 4.31. The van der Waals surface area contributed by atoms with Gasteiger partial charge in [0.2, 0.25) is 5.76 Å². The molecule has 2 rings (SSSR count). The molecule has 0 fully saturated rings. The summed E-state index contributed by atoms with van der Waals surface area (Å²) in [6.07, 6.45) is -1.24. The number of ether oxygens (including phenoxy) is 2. The lowest BCUT2D eigenvalue weighted by molar-refractivity contribution is -0.142. The lowest BCUT2D eigenvalue weighted by Crippen LogP contribution is -2.36. The van der Waals surface area contributed by atoms with Crippen LogP contribution in [0.2, 0.25) is 0 Å². The molecule has 1 aromatic rings. The van der Waals surface area contributed by atoms with Crippen molar-refractivity contribution in [3.63, 3.8) is 0 Å². The zero-order valence-corrected chi connectivity index (χ0v) is 14.3. The van der Waals surface area contributed by atoms with Gasteiger partial charge in [0.05, 0.1) is 11.5 Å². The van der Waals surface area contributed by atoms with E-state index in [2.05, 4.69) is 4.98 Å². The van der Waals surface area contributed by atoms with Crippen LogP contribution in [0.1, 0.15) is 13.2 Å². The molecule has 2 heterocycles. The summed E-state index contributed by atoms with van der Waals surface area (Å²) in [6.45, 7) is 0.596. The Labute approximate surface area is 149 Å². The highest BCUT2D eigenvalue weighted by molar-refractivity contribution is 8.00. The predicted octanol–water partition coefficient (Wildman–Crippen LogP) is 0.625. The Hall–Kier alpha value is -2.63. The number of halogens is 2. The second-order valence-corrected chi connectivity index (χ2v) is 6.25. The number of Topliss-reactive ketones (excluding diaryl/α,β-unsaturated/α-hetero) is 1. The minimum absolute atomic E-state index is 0.104. The molecule has 0 aromatic carbocycles. The Morgan fingerprint density at radius 3 is 2.81 bits per heavy atom. The fraction of sp³-hybridized carbons (Fsp3) is 0.429. The Balaban J connectivity index is 2.04. The molecule has 0 saturated heterocycles. The SMILES string of the molecule is CC(=O)CSCC(=O)OCC1=C(O)C(F)(F)[C@H](n2ccc(N)nc2=O)O1. The molecule has 0 bridgehead atoms.